The molecule has 0 aliphatic heterocycles. The lowest BCUT2D eigenvalue weighted by molar-refractivity contribution is -0.384. The minimum Gasteiger partial charge on any atom is -0.478 e. The SMILES string of the molecule is O=C(Nc1csc(-c2ccc(Cl)cc2)c1C(=O)O)c1nc2ccc([N+](=O)[O-])cc2s1. The minimum absolute atomic E-state index is 0.0348. The number of nitrogens with zero attached hydrogens (tertiary/aromatic N) is 2. The predicted molar refractivity (Wildman–Crippen MR) is 116 cm³/mol. The summed E-state index contributed by atoms with van der Waals surface area (Å²) in [5, 5.41) is 25.3. The summed E-state index contributed by atoms with van der Waals surface area (Å²) in [6.45, 7) is 0. The van der Waals surface area contributed by atoms with Crippen LogP contribution in [0.2, 0.25) is 5.02 Å². The molecule has 0 radical (unpaired) electrons. The van der Waals surface area contributed by atoms with Crippen LogP contribution in [0.15, 0.2) is 47.8 Å². The van der Waals surface area contributed by atoms with Gasteiger partial charge < -0.3 is 10.4 Å². The molecule has 2 aromatic carbocycles. The molecule has 4 rings (SSSR count). The minimum atomic E-state index is -1.18. The van der Waals surface area contributed by atoms with Crippen LogP contribution in [0.3, 0.4) is 0 Å². The van der Waals surface area contributed by atoms with Crippen molar-refractivity contribution in [1.82, 2.24) is 4.98 Å². The summed E-state index contributed by atoms with van der Waals surface area (Å²) in [6, 6.07) is 10.8. The van der Waals surface area contributed by atoms with Crippen molar-refractivity contribution in [2.75, 3.05) is 5.32 Å². The van der Waals surface area contributed by atoms with Gasteiger partial charge in [-0.05, 0) is 23.8 Å². The molecule has 30 heavy (non-hydrogen) atoms. The maximum Gasteiger partial charge on any atom is 0.339 e. The lowest BCUT2D eigenvalue weighted by Crippen LogP contribution is -2.13. The Kier molecular flexibility index (Phi) is 5.20. The topological polar surface area (TPSA) is 122 Å². The van der Waals surface area contributed by atoms with E-state index in [1.807, 2.05) is 0 Å². The van der Waals surface area contributed by atoms with Crippen LogP contribution >= 0.6 is 34.3 Å². The summed E-state index contributed by atoms with van der Waals surface area (Å²) in [7, 11) is 0. The highest BCUT2D eigenvalue weighted by molar-refractivity contribution is 7.20. The number of carboxylic acids is 1. The molecule has 0 spiro atoms. The van der Waals surface area contributed by atoms with Crippen molar-refractivity contribution in [3.63, 3.8) is 0 Å². The molecule has 0 atom stereocenters. The molecular weight excluding hydrogens is 450 g/mol. The van der Waals surface area contributed by atoms with Gasteiger partial charge in [0, 0.05) is 22.5 Å². The molecule has 0 saturated heterocycles. The van der Waals surface area contributed by atoms with Gasteiger partial charge in [-0.15, -0.1) is 22.7 Å². The number of thiazole rings is 1. The van der Waals surface area contributed by atoms with Crippen LogP contribution in [0.25, 0.3) is 20.7 Å². The van der Waals surface area contributed by atoms with Gasteiger partial charge in [-0.1, -0.05) is 23.7 Å². The highest BCUT2D eigenvalue weighted by atomic mass is 35.5. The Balaban J connectivity index is 1.66. The number of nitrogens with one attached hydrogen (secondary N) is 1. The maximum atomic E-state index is 12.7. The maximum absolute atomic E-state index is 12.7. The molecule has 0 fully saturated rings. The first-order chi connectivity index (χ1) is 14.3. The van der Waals surface area contributed by atoms with E-state index >= 15 is 0 Å². The van der Waals surface area contributed by atoms with Crippen molar-refractivity contribution < 1.29 is 19.6 Å². The van der Waals surface area contributed by atoms with Gasteiger partial charge in [0.2, 0.25) is 0 Å². The molecule has 0 aliphatic rings. The van der Waals surface area contributed by atoms with Crippen molar-refractivity contribution in [2.24, 2.45) is 0 Å². The first-order valence-electron chi connectivity index (χ1n) is 8.30. The van der Waals surface area contributed by atoms with Crippen LogP contribution in [-0.2, 0) is 0 Å². The molecular formula is C19H10ClN3O5S2. The zero-order chi connectivity index (χ0) is 21.4. The number of amides is 1. The summed E-state index contributed by atoms with van der Waals surface area (Å²) >= 11 is 8.06. The third kappa shape index (κ3) is 3.75. The fourth-order valence-electron chi connectivity index (χ4n) is 2.78. The summed E-state index contributed by atoms with van der Waals surface area (Å²) in [4.78, 5) is 39.6. The number of nitro groups is 1. The third-order valence-corrected chi connectivity index (χ3v) is 6.43. The van der Waals surface area contributed by atoms with Crippen LogP contribution in [0, 0.1) is 10.1 Å². The number of rotatable bonds is 5. The fourth-order valence-corrected chi connectivity index (χ4v) is 4.80. The van der Waals surface area contributed by atoms with Crippen molar-refractivity contribution in [1.29, 1.82) is 0 Å². The van der Waals surface area contributed by atoms with Crippen LogP contribution in [0.5, 0.6) is 0 Å². The quantitative estimate of drug-likeness (QED) is 0.298. The highest BCUT2D eigenvalue weighted by Gasteiger charge is 2.23. The van der Waals surface area contributed by atoms with Crippen LogP contribution in [-0.4, -0.2) is 26.9 Å². The monoisotopic (exact) mass is 459 g/mol. The Labute approximate surface area is 181 Å². The number of fused-ring (bicyclic) bond motifs is 1. The number of carboxylic acid groups (broad SMARTS) is 1. The molecule has 4 aromatic rings. The van der Waals surface area contributed by atoms with Gasteiger partial charge >= 0.3 is 5.97 Å². The van der Waals surface area contributed by atoms with Crippen molar-refractivity contribution in [3.8, 4) is 10.4 Å². The molecule has 8 nitrogen and oxygen atoms in total. The van der Waals surface area contributed by atoms with Crippen LogP contribution < -0.4 is 5.32 Å². The molecule has 0 bridgehead atoms. The highest BCUT2D eigenvalue weighted by Crippen LogP contribution is 2.37. The van der Waals surface area contributed by atoms with E-state index in [1.165, 1.54) is 29.5 Å². The number of hydrogen-bond acceptors (Lipinski definition) is 7. The largest absolute Gasteiger partial charge is 0.478 e. The molecule has 11 heteroatoms. The average Bonchev–Trinajstić information content (AvgIpc) is 3.32. The summed E-state index contributed by atoms with van der Waals surface area (Å²) < 4.78 is 0.486. The second kappa shape index (κ2) is 7.82. The summed E-state index contributed by atoms with van der Waals surface area (Å²) in [5.74, 6) is -1.78. The molecule has 2 heterocycles. The number of non-ortho nitro benzene ring substituents is 1. The van der Waals surface area contributed by atoms with Gasteiger partial charge in [-0.25, -0.2) is 9.78 Å². The van der Waals surface area contributed by atoms with Crippen molar-refractivity contribution >= 4 is 67.7 Å². The molecule has 0 saturated carbocycles. The van der Waals surface area contributed by atoms with Crippen molar-refractivity contribution in [3.05, 3.63) is 73.6 Å². The number of thiophene rings is 1. The number of anilines is 1. The Morgan fingerprint density at radius 2 is 1.90 bits per heavy atom. The molecule has 0 unspecified atom stereocenters. The van der Waals surface area contributed by atoms with Gasteiger partial charge in [0.15, 0.2) is 5.01 Å². The van der Waals surface area contributed by atoms with Crippen molar-refractivity contribution in [2.45, 2.75) is 0 Å². The predicted octanol–water partition coefficient (Wildman–Crippen LogP) is 5.54. The molecule has 1 amide bonds. The number of halogens is 1. The Morgan fingerprint density at radius 3 is 2.57 bits per heavy atom. The van der Waals surface area contributed by atoms with Gasteiger partial charge in [0.1, 0.15) is 5.56 Å². The van der Waals surface area contributed by atoms with E-state index in [-0.39, 0.29) is 21.9 Å². The number of aromatic carboxylic acids is 1. The van der Waals surface area contributed by atoms with Gasteiger partial charge in [-0.2, -0.15) is 0 Å². The van der Waals surface area contributed by atoms with Gasteiger partial charge in [0.25, 0.3) is 11.6 Å². The van der Waals surface area contributed by atoms with Gasteiger partial charge in [-0.3, -0.25) is 14.9 Å². The molecule has 2 aromatic heterocycles. The fraction of sp³-hybridized carbons (Fsp3) is 0. The van der Waals surface area contributed by atoms with E-state index in [9.17, 15) is 24.8 Å². The van der Waals surface area contributed by atoms with E-state index in [4.69, 9.17) is 11.6 Å². The van der Waals surface area contributed by atoms with Gasteiger partial charge in [0.05, 0.1) is 25.7 Å². The van der Waals surface area contributed by atoms with Crippen LogP contribution in [0.1, 0.15) is 20.2 Å². The zero-order valence-electron chi connectivity index (χ0n) is 14.8. The first kappa shape index (κ1) is 20.0. The third-order valence-electron chi connectivity index (χ3n) is 4.14. The second-order valence-electron chi connectivity index (χ2n) is 6.05. The molecule has 2 N–H and O–H groups in total. The number of carbonyl (C=O) groups is 2. The number of benzene rings is 2. The smallest absolute Gasteiger partial charge is 0.339 e. The van der Waals surface area contributed by atoms with E-state index < -0.39 is 16.8 Å². The van der Waals surface area contributed by atoms with E-state index in [0.717, 1.165) is 11.3 Å². The molecule has 0 aliphatic carbocycles. The van der Waals surface area contributed by atoms with E-state index in [0.29, 0.717) is 25.7 Å². The lowest BCUT2D eigenvalue weighted by Gasteiger charge is -2.05. The Morgan fingerprint density at radius 1 is 1.17 bits per heavy atom. The van der Waals surface area contributed by atoms with E-state index in [1.54, 1.807) is 29.6 Å². The lowest BCUT2D eigenvalue weighted by atomic mass is 10.1. The Bertz CT molecular complexity index is 1310. The number of nitro benzene ring substituents is 1. The van der Waals surface area contributed by atoms with E-state index in [2.05, 4.69) is 10.3 Å². The number of hydrogen-bond donors (Lipinski definition) is 2. The normalized spacial score (nSPS) is 10.8. The second-order valence-corrected chi connectivity index (χ2v) is 8.39. The zero-order valence-corrected chi connectivity index (χ0v) is 17.2. The summed E-state index contributed by atoms with van der Waals surface area (Å²) in [6.07, 6.45) is 0. The average molecular weight is 460 g/mol. The summed E-state index contributed by atoms with van der Waals surface area (Å²) in [5.41, 5.74) is 1.12. The first-order valence-corrected chi connectivity index (χ1v) is 10.4. The number of carbonyl (C=O) groups excluding carboxylic acids is 1. The van der Waals surface area contributed by atoms with Crippen LogP contribution in [0.4, 0.5) is 11.4 Å². The standard InChI is InChI=1S/C19H10ClN3O5S2/c20-10-3-1-9(2-4-10)16-15(19(25)26)13(8-29-16)21-17(24)18-22-12-6-5-11(23(27)28)7-14(12)30-18/h1-8H,(H,21,24)(H,25,26). The Hall–Kier alpha value is -3.34. The molecule has 150 valence electrons. The number of aromatic nitrogens is 1.